The summed E-state index contributed by atoms with van der Waals surface area (Å²) in [4.78, 5) is 23.3. The van der Waals surface area contributed by atoms with Gasteiger partial charge in [0, 0.05) is 6.42 Å². The molecule has 0 aliphatic heterocycles. The monoisotopic (exact) mass is 428 g/mol. The zero-order valence-electron chi connectivity index (χ0n) is 14.8. The highest BCUT2D eigenvalue weighted by molar-refractivity contribution is 7.87. The third kappa shape index (κ3) is 9.84. The molecule has 13 heteroatoms. The van der Waals surface area contributed by atoms with Gasteiger partial charge in [0.25, 0.3) is 10.1 Å². The fourth-order valence-electron chi connectivity index (χ4n) is 1.52. The van der Waals surface area contributed by atoms with E-state index in [-0.39, 0.29) is 6.61 Å². The average molecular weight is 428 g/mol. The predicted octanol–water partition coefficient (Wildman–Crippen LogP) is 2.74. The van der Waals surface area contributed by atoms with Crippen molar-refractivity contribution in [2.45, 2.75) is 57.4 Å². The van der Waals surface area contributed by atoms with Crippen LogP contribution in [0.1, 0.15) is 40.0 Å². The van der Waals surface area contributed by atoms with Crippen LogP contribution in [-0.4, -0.2) is 55.5 Å². The zero-order valence-corrected chi connectivity index (χ0v) is 15.6. The molecule has 0 heterocycles. The van der Waals surface area contributed by atoms with Crippen LogP contribution in [0.4, 0.5) is 22.0 Å². The topological polar surface area (TPSA) is 107 Å². The first-order valence-electron chi connectivity index (χ1n) is 7.60. The van der Waals surface area contributed by atoms with E-state index in [4.69, 9.17) is 9.29 Å². The van der Waals surface area contributed by atoms with Crippen LogP contribution in [0.5, 0.6) is 0 Å². The Morgan fingerprint density at radius 1 is 1.04 bits per heavy atom. The molecule has 0 bridgehead atoms. The molecular formula is C14H21F5O7S. The van der Waals surface area contributed by atoms with E-state index in [1.54, 1.807) is 20.8 Å². The predicted molar refractivity (Wildman–Crippen MR) is 81.6 cm³/mol. The molecule has 1 N–H and O–H groups in total. The number of halogens is 5. The summed E-state index contributed by atoms with van der Waals surface area (Å²) in [7, 11) is -5.04. The Balaban J connectivity index is 4.66. The van der Waals surface area contributed by atoms with Crippen LogP contribution in [0.3, 0.4) is 0 Å². The summed E-state index contributed by atoms with van der Waals surface area (Å²) in [6.45, 7) is 3.90. The number of ether oxygens (including phenoxy) is 2. The van der Waals surface area contributed by atoms with Crippen molar-refractivity contribution in [3.8, 4) is 0 Å². The van der Waals surface area contributed by atoms with Gasteiger partial charge in [-0.05, 0) is 11.8 Å². The summed E-state index contributed by atoms with van der Waals surface area (Å²) in [6, 6.07) is 0. The summed E-state index contributed by atoms with van der Waals surface area (Å²) in [5.41, 5.74) is -0.538. The average Bonchev–Trinajstić information content (AvgIpc) is 2.43. The van der Waals surface area contributed by atoms with Crippen LogP contribution in [0.25, 0.3) is 0 Å². The Kier molecular flexibility index (Phi) is 8.62. The second-order valence-electron chi connectivity index (χ2n) is 6.90. The molecule has 1 unspecified atom stereocenters. The van der Waals surface area contributed by atoms with E-state index in [1.807, 2.05) is 0 Å². The van der Waals surface area contributed by atoms with Gasteiger partial charge in [0.1, 0.15) is 0 Å². The molecule has 1 atom stereocenters. The first kappa shape index (κ1) is 25.5. The summed E-state index contributed by atoms with van der Waals surface area (Å²) in [5.74, 6) is -7.78. The lowest BCUT2D eigenvalue weighted by molar-refractivity contribution is -0.285. The summed E-state index contributed by atoms with van der Waals surface area (Å²) < 4.78 is 102. The van der Waals surface area contributed by atoms with Crippen molar-refractivity contribution in [2.75, 3.05) is 13.2 Å². The van der Waals surface area contributed by atoms with Gasteiger partial charge in [-0.15, -0.1) is 0 Å². The molecule has 0 amide bonds. The number of carbonyl (C=O) groups excluding carboxylic acids is 2. The van der Waals surface area contributed by atoms with Crippen molar-refractivity contribution in [2.24, 2.45) is 5.41 Å². The first-order chi connectivity index (χ1) is 11.9. The van der Waals surface area contributed by atoms with Gasteiger partial charge in [-0.3, -0.25) is 14.1 Å². The lowest BCUT2D eigenvalue weighted by Gasteiger charge is -2.20. The Hall–Kier alpha value is -1.50. The first-order valence-corrected chi connectivity index (χ1v) is 9.10. The maximum Gasteiger partial charge on any atom is 0.453 e. The van der Waals surface area contributed by atoms with Gasteiger partial charge in [0.15, 0.2) is 5.25 Å². The van der Waals surface area contributed by atoms with Crippen LogP contribution in [0, 0.1) is 5.41 Å². The molecule has 0 fully saturated rings. The normalized spacial score (nSPS) is 14.6. The quantitative estimate of drug-likeness (QED) is 0.260. The van der Waals surface area contributed by atoms with Gasteiger partial charge in [-0.25, -0.2) is 0 Å². The number of hydrogen-bond donors (Lipinski definition) is 1. The van der Waals surface area contributed by atoms with E-state index in [1.165, 1.54) is 0 Å². The third-order valence-electron chi connectivity index (χ3n) is 2.93. The van der Waals surface area contributed by atoms with Crippen LogP contribution >= 0.6 is 0 Å². The molecule has 0 aromatic heterocycles. The number of esters is 2. The van der Waals surface area contributed by atoms with E-state index < -0.39 is 70.7 Å². The van der Waals surface area contributed by atoms with Gasteiger partial charge in [-0.1, -0.05) is 20.8 Å². The molecule has 160 valence electrons. The zero-order chi connectivity index (χ0) is 21.7. The minimum absolute atomic E-state index is 0.223. The van der Waals surface area contributed by atoms with Crippen LogP contribution in [-0.2, 0) is 29.2 Å². The van der Waals surface area contributed by atoms with Gasteiger partial charge in [0.05, 0.1) is 19.6 Å². The molecule has 0 radical (unpaired) electrons. The summed E-state index contributed by atoms with van der Waals surface area (Å²) in [5, 5.41) is -2.30. The van der Waals surface area contributed by atoms with Gasteiger partial charge in [-0.2, -0.15) is 30.4 Å². The van der Waals surface area contributed by atoms with Gasteiger partial charge < -0.3 is 9.47 Å². The lowest BCUT2D eigenvalue weighted by Crippen LogP contribution is -2.37. The van der Waals surface area contributed by atoms with Crippen molar-refractivity contribution >= 4 is 22.1 Å². The molecule has 0 aromatic carbocycles. The van der Waals surface area contributed by atoms with Gasteiger partial charge in [0.2, 0.25) is 0 Å². The fraction of sp³-hybridized carbons (Fsp3) is 0.857. The second-order valence-corrected chi connectivity index (χ2v) is 8.50. The Labute approximate surface area is 152 Å². The Morgan fingerprint density at radius 3 is 1.96 bits per heavy atom. The van der Waals surface area contributed by atoms with E-state index >= 15 is 0 Å². The molecular weight excluding hydrogens is 407 g/mol. The molecule has 0 aromatic rings. The van der Waals surface area contributed by atoms with E-state index in [0.717, 1.165) is 0 Å². The molecule has 0 aliphatic carbocycles. The van der Waals surface area contributed by atoms with Gasteiger partial charge >= 0.3 is 24.0 Å². The Morgan fingerprint density at radius 2 is 1.56 bits per heavy atom. The van der Waals surface area contributed by atoms with E-state index in [0.29, 0.717) is 0 Å². The molecule has 0 aliphatic rings. The van der Waals surface area contributed by atoms with Crippen molar-refractivity contribution < 1.29 is 54.0 Å². The van der Waals surface area contributed by atoms with E-state index in [2.05, 4.69) is 4.74 Å². The molecule has 0 saturated heterocycles. The Bertz CT molecular complexity index is 623. The summed E-state index contributed by atoms with van der Waals surface area (Å²) >= 11 is 0. The largest absolute Gasteiger partial charge is 0.466 e. The molecule has 0 saturated carbocycles. The third-order valence-corrected chi connectivity index (χ3v) is 4.01. The number of hydrogen-bond acceptors (Lipinski definition) is 6. The van der Waals surface area contributed by atoms with Crippen LogP contribution in [0.15, 0.2) is 0 Å². The SMILES string of the molecule is CC(C)(C)COC(=O)C(CC(=O)OCCCC(F)(F)C(F)(F)F)S(=O)(=O)O. The molecule has 0 spiro atoms. The molecule has 0 rings (SSSR count). The highest BCUT2D eigenvalue weighted by Crippen LogP contribution is 2.38. The number of rotatable bonds is 9. The summed E-state index contributed by atoms with van der Waals surface area (Å²) in [6.07, 6.45) is -9.43. The van der Waals surface area contributed by atoms with Crippen molar-refractivity contribution in [3.05, 3.63) is 0 Å². The van der Waals surface area contributed by atoms with Crippen molar-refractivity contribution in [1.82, 2.24) is 0 Å². The molecule has 27 heavy (non-hydrogen) atoms. The lowest BCUT2D eigenvalue weighted by atomic mass is 9.99. The van der Waals surface area contributed by atoms with E-state index in [9.17, 15) is 40.0 Å². The minimum Gasteiger partial charge on any atom is -0.466 e. The highest BCUT2D eigenvalue weighted by atomic mass is 32.2. The number of alkyl halides is 5. The highest BCUT2D eigenvalue weighted by Gasteiger charge is 2.56. The fourth-order valence-corrected chi connectivity index (χ4v) is 2.18. The van der Waals surface area contributed by atoms with Crippen molar-refractivity contribution in [3.63, 3.8) is 0 Å². The smallest absolute Gasteiger partial charge is 0.453 e. The minimum atomic E-state index is -5.75. The number of carbonyl (C=O) groups is 2. The van der Waals surface area contributed by atoms with Crippen LogP contribution in [0.2, 0.25) is 0 Å². The maximum atomic E-state index is 12.7. The van der Waals surface area contributed by atoms with Crippen molar-refractivity contribution in [1.29, 1.82) is 0 Å². The molecule has 7 nitrogen and oxygen atoms in total. The maximum absolute atomic E-state index is 12.7. The van der Waals surface area contributed by atoms with Crippen LogP contribution < -0.4 is 0 Å². The standard InChI is InChI=1S/C14H21F5O7S/c1-12(2,3)8-26-11(21)9(27(22,23)24)7-10(20)25-6-4-5-13(15,16)14(17,18)19/h9H,4-8H2,1-3H3,(H,22,23,24). The second kappa shape index (κ2) is 9.13.